The lowest BCUT2D eigenvalue weighted by atomic mass is 10.2. The Bertz CT molecular complexity index is 456. The van der Waals surface area contributed by atoms with Gasteiger partial charge in [0, 0.05) is 45.1 Å². The van der Waals surface area contributed by atoms with E-state index < -0.39 is 5.97 Å². The van der Waals surface area contributed by atoms with Crippen LogP contribution in [0.3, 0.4) is 0 Å². The first-order valence-electron chi connectivity index (χ1n) is 6.65. The van der Waals surface area contributed by atoms with E-state index in [1.165, 1.54) is 12.7 Å². The van der Waals surface area contributed by atoms with Crippen molar-refractivity contribution in [3.8, 4) is 0 Å². The second-order valence-corrected chi connectivity index (χ2v) is 4.77. The molecule has 20 heavy (non-hydrogen) atoms. The zero-order valence-corrected chi connectivity index (χ0v) is 11.6. The number of piperazine rings is 1. The van der Waals surface area contributed by atoms with Gasteiger partial charge in [-0.25, -0.2) is 0 Å². The van der Waals surface area contributed by atoms with Gasteiger partial charge in [0.15, 0.2) is 0 Å². The molecular weight excluding hydrogens is 258 g/mol. The number of methoxy groups -OCH3 is 1. The van der Waals surface area contributed by atoms with Gasteiger partial charge in [-0.1, -0.05) is 0 Å². The molecule has 6 nitrogen and oxygen atoms in total. The van der Waals surface area contributed by atoms with Crippen LogP contribution in [0.2, 0.25) is 0 Å². The van der Waals surface area contributed by atoms with Crippen molar-refractivity contribution in [2.75, 3.05) is 33.3 Å². The van der Waals surface area contributed by atoms with Crippen LogP contribution in [0.5, 0.6) is 0 Å². The Morgan fingerprint density at radius 1 is 1.20 bits per heavy atom. The maximum Gasteiger partial charge on any atom is 0.315 e. The first kappa shape index (κ1) is 14.5. The number of nitrogens with zero attached hydrogens (tertiary/aromatic N) is 3. The molecule has 0 radical (unpaired) electrons. The van der Waals surface area contributed by atoms with E-state index in [9.17, 15) is 9.59 Å². The van der Waals surface area contributed by atoms with Crippen LogP contribution in [0.1, 0.15) is 12.0 Å². The molecule has 0 spiro atoms. The van der Waals surface area contributed by atoms with Crippen LogP contribution in [0.4, 0.5) is 0 Å². The highest BCUT2D eigenvalue weighted by Crippen LogP contribution is 2.08. The topological polar surface area (TPSA) is 62.7 Å². The summed E-state index contributed by atoms with van der Waals surface area (Å²) in [6, 6.07) is 3.99. The minimum atomic E-state index is -0.478. The smallest absolute Gasteiger partial charge is 0.315 e. The molecule has 0 saturated carbocycles. The number of esters is 1. The van der Waals surface area contributed by atoms with Crippen molar-refractivity contribution in [2.24, 2.45) is 0 Å². The molecule has 1 amide bonds. The number of ether oxygens (including phenoxy) is 1. The zero-order chi connectivity index (χ0) is 14.4. The number of pyridine rings is 1. The molecule has 1 saturated heterocycles. The number of hydrogen-bond donors (Lipinski definition) is 0. The second kappa shape index (κ2) is 7.00. The summed E-state index contributed by atoms with van der Waals surface area (Å²) < 4.78 is 4.51. The molecule has 108 valence electrons. The van der Waals surface area contributed by atoms with Crippen LogP contribution in [-0.2, 0) is 20.9 Å². The number of carbonyl (C=O) groups is 2. The molecule has 6 heteroatoms. The van der Waals surface area contributed by atoms with Crippen LogP contribution in [0.25, 0.3) is 0 Å². The highest BCUT2D eigenvalue weighted by molar-refractivity contribution is 5.94. The van der Waals surface area contributed by atoms with E-state index >= 15 is 0 Å². The van der Waals surface area contributed by atoms with Gasteiger partial charge in [-0.2, -0.15) is 0 Å². The normalized spacial score (nSPS) is 15.9. The van der Waals surface area contributed by atoms with Gasteiger partial charge in [-0.05, 0) is 17.7 Å². The van der Waals surface area contributed by atoms with Gasteiger partial charge in [-0.15, -0.1) is 0 Å². The van der Waals surface area contributed by atoms with E-state index in [2.05, 4.69) is 14.6 Å². The summed E-state index contributed by atoms with van der Waals surface area (Å²) in [4.78, 5) is 30.9. The first-order valence-corrected chi connectivity index (χ1v) is 6.65. The SMILES string of the molecule is COC(=O)CC(=O)N1CCN(Cc2ccncc2)CC1. The quantitative estimate of drug-likeness (QED) is 0.584. The number of rotatable bonds is 4. The third-order valence-electron chi connectivity index (χ3n) is 3.40. The van der Waals surface area contributed by atoms with Gasteiger partial charge >= 0.3 is 5.97 Å². The number of carbonyl (C=O) groups excluding carboxylic acids is 2. The van der Waals surface area contributed by atoms with E-state index in [1.54, 1.807) is 17.3 Å². The van der Waals surface area contributed by atoms with Gasteiger partial charge in [0.1, 0.15) is 6.42 Å². The van der Waals surface area contributed by atoms with E-state index in [1.807, 2.05) is 12.1 Å². The van der Waals surface area contributed by atoms with Crippen molar-refractivity contribution in [2.45, 2.75) is 13.0 Å². The lowest BCUT2D eigenvalue weighted by molar-refractivity contribution is -0.147. The summed E-state index contributed by atoms with van der Waals surface area (Å²) in [5.74, 6) is -0.630. The molecule has 1 aromatic rings. The molecule has 0 unspecified atom stereocenters. The summed E-state index contributed by atoms with van der Waals surface area (Å²) >= 11 is 0. The molecule has 0 atom stereocenters. The predicted molar refractivity (Wildman–Crippen MR) is 72.7 cm³/mol. The van der Waals surface area contributed by atoms with Gasteiger partial charge in [-0.3, -0.25) is 19.5 Å². The van der Waals surface area contributed by atoms with Gasteiger partial charge in [0.05, 0.1) is 7.11 Å². The van der Waals surface area contributed by atoms with Crippen molar-refractivity contribution in [1.82, 2.24) is 14.8 Å². The summed E-state index contributed by atoms with van der Waals surface area (Å²) in [6.07, 6.45) is 3.40. The Balaban J connectivity index is 1.77. The highest BCUT2D eigenvalue weighted by atomic mass is 16.5. The molecule has 1 fully saturated rings. The average Bonchev–Trinajstić information content (AvgIpc) is 2.49. The number of hydrogen-bond acceptors (Lipinski definition) is 5. The van der Waals surface area contributed by atoms with Crippen LogP contribution in [-0.4, -0.2) is 59.9 Å². The van der Waals surface area contributed by atoms with Crippen molar-refractivity contribution >= 4 is 11.9 Å². The second-order valence-electron chi connectivity index (χ2n) is 4.77. The van der Waals surface area contributed by atoms with E-state index in [-0.39, 0.29) is 12.3 Å². The minimum absolute atomic E-state index is 0.152. The number of aromatic nitrogens is 1. The van der Waals surface area contributed by atoms with Crippen LogP contribution in [0.15, 0.2) is 24.5 Å². The summed E-state index contributed by atoms with van der Waals surface area (Å²) in [5.41, 5.74) is 1.22. The Hall–Kier alpha value is -1.95. The molecule has 0 aliphatic carbocycles. The first-order chi connectivity index (χ1) is 9.69. The summed E-state index contributed by atoms with van der Waals surface area (Å²) in [7, 11) is 1.29. The van der Waals surface area contributed by atoms with E-state index in [0.29, 0.717) is 13.1 Å². The Morgan fingerprint density at radius 2 is 1.85 bits per heavy atom. The molecule has 1 aliphatic rings. The maximum atomic E-state index is 11.8. The van der Waals surface area contributed by atoms with Crippen LogP contribution in [0, 0.1) is 0 Å². The van der Waals surface area contributed by atoms with Gasteiger partial charge < -0.3 is 9.64 Å². The number of amides is 1. The summed E-state index contributed by atoms with van der Waals surface area (Å²) in [6.45, 7) is 3.80. The van der Waals surface area contributed by atoms with Crippen molar-refractivity contribution in [1.29, 1.82) is 0 Å². The summed E-state index contributed by atoms with van der Waals surface area (Å²) in [5, 5.41) is 0. The molecule has 2 rings (SSSR count). The Morgan fingerprint density at radius 3 is 2.45 bits per heavy atom. The third-order valence-corrected chi connectivity index (χ3v) is 3.40. The van der Waals surface area contributed by atoms with Crippen molar-refractivity contribution in [3.05, 3.63) is 30.1 Å². The fourth-order valence-electron chi connectivity index (χ4n) is 2.21. The van der Waals surface area contributed by atoms with Gasteiger partial charge in [0.25, 0.3) is 0 Å². The van der Waals surface area contributed by atoms with E-state index in [4.69, 9.17) is 0 Å². The van der Waals surface area contributed by atoms with Crippen molar-refractivity contribution < 1.29 is 14.3 Å². The fraction of sp³-hybridized carbons (Fsp3) is 0.500. The standard InChI is InChI=1S/C14H19N3O3/c1-20-14(19)10-13(18)17-8-6-16(7-9-17)11-12-2-4-15-5-3-12/h2-5H,6-11H2,1H3. The zero-order valence-electron chi connectivity index (χ0n) is 11.6. The molecule has 1 aromatic heterocycles. The molecule has 0 N–H and O–H groups in total. The van der Waals surface area contributed by atoms with Crippen molar-refractivity contribution in [3.63, 3.8) is 0 Å². The Labute approximate surface area is 118 Å². The minimum Gasteiger partial charge on any atom is -0.469 e. The lowest BCUT2D eigenvalue weighted by Crippen LogP contribution is -2.48. The molecule has 1 aliphatic heterocycles. The van der Waals surface area contributed by atoms with Gasteiger partial charge in [0.2, 0.25) is 5.91 Å². The molecular formula is C14H19N3O3. The fourth-order valence-corrected chi connectivity index (χ4v) is 2.21. The lowest BCUT2D eigenvalue weighted by Gasteiger charge is -2.34. The molecule has 2 heterocycles. The highest BCUT2D eigenvalue weighted by Gasteiger charge is 2.22. The maximum absolute atomic E-state index is 11.8. The molecule has 0 aromatic carbocycles. The monoisotopic (exact) mass is 277 g/mol. The largest absolute Gasteiger partial charge is 0.469 e. The average molecular weight is 277 g/mol. The predicted octanol–water partition coefficient (Wildman–Crippen LogP) is 0.289. The molecule has 0 bridgehead atoms. The van der Waals surface area contributed by atoms with E-state index in [0.717, 1.165) is 19.6 Å². The van der Waals surface area contributed by atoms with Crippen LogP contribution < -0.4 is 0 Å². The van der Waals surface area contributed by atoms with Crippen LogP contribution >= 0.6 is 0 Å². The Kier molecular flexibility index (Phi) is 5.06. The third kappa shape index (κ3) is 4.03.